The van der Waals surface area contributed by atoms with Crippen molar-refractivity contribution in [1.82, 2.24) is 0 Å². The molecule has 0 fully saturated rings. The van der Waals surface area contributed by atoms with Gasteiger partial charge in [0.25, 0.3) is 0 Å². The van der Waals surface area contributed by atoms with Crippen LogP contribution in [0.2, 0.25) is 0 Å². The third-order valence-electron chi connectivity index (χ3n) is 3.67. The van der Waals surface area contributed by atoms with Gasteiger partial charge in [-0.15, -0.1) is 0 Å². The molecule has 19 heavy (non-hydrogen) atoms. The maximum atomic E-state index is 12.3. The Kier molecular flexibility index (Phi) is 4.16. The molecule has 98 valence electrons. The minimum absolute atomic E-state index is 0.0932. The minimum Gasteiger partial charge on any atom is -0.289 e. The Balaban J connectivity index is 2.22. The van der Waals surface area contributed by atoms with Crippen LogP contribution in [0, 0.1) is 6.92 Å². The van der Waals surface area contributed by atoms with E-state index in [0.29, 0.717) is 5.92 Å². The predicted octanol–water partition coefficient (Wildman–Crippen LogP) is 4.74. The molecule has 0 saturated heterocycles. The van der Waals surface area contributed by atoms with Crippen LogP contribution in [0.25, 0.3) is 0 Å². The quantitative estimate of drug-likeness (QED) is 0.718. The Morgan fingerprint density at radius 3 is 1.89 bits per heavy atom. The molecule has 0 radical (unpaired) electrons. The maximum absolute atomic E-state index is 12.3. The van der Waals surface area contributed by atoms with E-state index in [1.54, 1.807) is 0 Å². The van der Waals surface area contributed by atoms with E-state index in [4.69, 9.17) is 0 Å². The third-order valence-corrected chi connectivity index (χ3v) is 3.67. The number of ketones is 1. The van der Waals surface area contributed by atoms with Gasteiger partial charge in [0.1, 0.15) is 0 Å². The molecule has 0 aliphatic rings. The molecule has 0 aliphatic heterocycles. The molecule has 2 rings (SSSR count). The highest BCUT2D eigenvalue weighted by molar-refractivity contribution is 6.08. The Morgan fingerprint density at radius 2 is 1.42 bits per heavy atom. The van der Waals surface area contributed by atoms with Gasteiger partial charge in [0.15, 0.2) is 5.78 Å². The van der Waals surface area contributed by atoms with Crippen LogP contribution in [-0.2, 0) is 0 Å². The Bertz CT molecular complexity index is 549. The van der Waals surface area contributed by atoms with Gasteiger partial charge >= 0.3 is 0 Å². The number of carbonyl (C=O) groups is 1. The summed E-state index contributed by atoms with van der Waals surface area (Å²) < 4.78 is 0. The summed E-state index contributed by atoms with van der Waals surface area (Å²) in [6, 6.07) is 15.7. The predicted molar refractivity (Wildman–Crippen MR) is 79.8 cm³/mol. The summed E-state index contributed by atoms with van der Waals surface area (Å²) in [6.07, 6.45) is 1.12. The van der Waals surface area contributed by atoms with Gasteiger partial charge in [0.05, 0.1) is 0 Å². The first-order valence-corrected chi connectivity index (χ1v) is 6.83. The van der Waals surface area contributed by atoms with E-state index >= 15 is 0 Å². The number of rotatable bonds is 4. The molecule has 0 amide bonds. The van der Waals surface area contributed by atoms with Crippen molar-refractivity contribution >= 4 is 5.78 Å². The standard InChI is InChI=1S/C18H20O/c1-4-14(3)15-9-11-17(12-10-15)18(19)16-7-5-13(2)6-8-16/h5-12,14H,4H2,1-3H3. The second-order valence-corrected chi connectivity index (χ2v) is 5.13. The Labute approximate surface area is 115 Å². The molecular formula is C18H20O. The fourth-order valence-corrected chi connectivity index (χ4v) is 2.07. The van der Waals surface area contributed by atoms with E-state index in [9.17, 15) is 4.79 Å². The van der Waals surface area contributed by atoms with Crippen LogP contribution < -0.4 is 0 Å². The van der Waals surface area contributed by atoms with E-state index in [-0.39, 0.29) is 5.78 Å². The van der Waals surface area contributed by atoms with Gasteiger partial charge in [-0.05, 0) is 24.8 Å². The minimum atomic E-state index is 0.0932. The van der Waals surface area contributed by atoms with Crippen LogP contribution in [0.4, 0.5) is 0 Å². The first-order valence-electron chi connectivity index (χ1n) is 6.83. The topological polar surface area (TPSA) is 17.1 Å². The van der Waals surface area contributed by atoms with Crippen LogP contribution in [0.3, 0.4) is 0 Å². The average Bonchev–Trinajstić information content (AvgIpc) is 2.46. The van der Waals surface area contributed by atoms with Gasteiger partial charge in [-0.1, -0.05) is 67.9 Å². The van der Waals surface area contributed by atoms with Crippen LogP contribution in [0.15, 0.2) is 48.5 Å². The van der Waals surface area contributed by atoms with Crippen LogP contribution in [0.5, 0.6) is 0 Å². The largest absolute Gasteiger partial charge is 0.289 e. The summed E-state index contributed by atoms with van der Waals surface area (Å²) in [5.41, 5.74) is 3.98. The molecule has 0 saturated carbocycles. The SMILES string of the molecule is CCC(C)c1ccc(C(=O)c2ccc(C)cc2)cc1. The molecule has 1 heteroatoms. The van der Waals surface area contributed by atoms with Crippen LogP contribution in [-0.4, -0.2) is 5.78 Å². The van der Waals surface area contributed by atoms with Gasteiger partial charge in [-0.2, -0.15) is 0 Å². The van der Waals surface area contributed by atoms with Gasteiger partial charge < -0.3 is 0 Å². The average molecular weight is 252 g/mol. The molecule has 0 aromatic heterocycles. The molecule has 1 unspecified atom stereocenters. The molecule has 1 atom stereocenters. The van der Waals surface area contributed by atoms with Gasteiger partial charge in [-0.3, -0.25) is 4.79 Å². The van der Waals surface area contributed by atoms with Crippen LogP contribution in [0.1, 0.15) is 53.2 Å². The summed E-state index contributed by atoms with van der Waals surface area (Å²) >= 11 is 0. The highest BCUT2D eigenvalue weighted by Gasteiger charge is 2.09. The van der Waals surface area contributed by atoms with Crippen LogP contribution >= 0.6 is 0 Å². The second kappa shape index (κ2) is 5.83. The van der Waals surface area contributed by atoms with E-state index in [0.717, 1.165) is 17.5 Å². The first-order chi connectivity index (χ1) is 9.11. The number of carbonyl (C=O) groups excluding carboxylic acids is 1. The molecule has 0 heterocycles. The monoisotopic (exact) mass is 252 g/mol. The molecule has 0 aliphatic carbocycles. The fourth-order valence-electron chi connectivity index (χ4n) is 2.07. The number of hydrogen-bond acceptors (Lipinski definition) is 1. The number of benzene rings is 2. The lowest BCUT2D eigenvalue weighted by Gasteiger charge is -2.09. The highest BCUT2D eigenvalue weighted by atomic mass is 16.1. The number of hydrogen-bond donors (Lipinski definition) is 0. The smallest absolute Gasteiger partial charge is 0.193 e. The Morgan fingerprint density at radius 1 is 0.947 bits per heavy atom. The maximum Gasteiger partial charge on any atom is 0.193 e. The van der Waals surface area contributed by atoms with Gasteiger partial charge in [0.2, 0.25) is 0 Å². The summed E-state index contributed by atoms with van der Waals surface area (Å²) in [7, 11) is 0. The van der Waals surface area contributed by atoms with Crippen molar-refractivity contribution < 1.29 is 4.79 Å². The van der Waals surface area contributed by atoms with E-state index in [1.165, 1.54) is 11.1 Å². The molecular weight excluding hydrogens is 232 g/mol. The highest BCUT2D eigenvalue weighted by Crippen LogP contribution is 2.20. The lowest BCUT2D eigenvalue weighted by molar-refractivity contribution is 0.103. The molecule has 0 bridgehead atoms. The van der Waals surface area contributed by atoms with E-state index < -0.39 is 0 Å². The molecule has 2 aromatic rings. The Hall–Kier alpha value is -1.89. The molecule has 1 nitrogen and oxygen atoms in total. The van der Waals surface area contributed by atoms with Crippen molar-refractivity contribution in [3.63, 3.8) is 0 Å². The zero-order valence-corrected chi connectivity index (χ0v) is 11.8. The van der Waals surface area contributed by atoms with Crippen molar-refractivity contribution in [3.8, 4) is 0 Å². The molecule has 0 N–H and O–H groups in total. The molecule has 2 aromatic carbocycles. The van der Waals surface area contributed by atoms with E-state index in [1.807, 2.05) is 43.3 Å². The third kappa shape index (κ3) is 3.11. The van der Waals surface area contributed by atoms with Crippen molar-refractivity contribution in [2.24, 2.45) is 0 Å². The fraction of sp³-hybridized carbons (Fsp3) is 0.278. The molecule has 0 spiro atoms. The summed E-state index contributed by atoms with van der Waals surface area (Å²) in [6.45, 7) is 6.40. The summed E-state index contributed by atoms with van der Waals surface area (Å²) in [5.74, 6) is 0.638. The lowest BCUT2D eigenvalue weighted by atomic mass is 9.95. The van der Waals surface area contributed by atoms with Crippen molar-refractivity contribution in [2.75, 3.05) is 0 Å². The normalized spacial score (nSPS) is 12.2. The lowest BCUT2D eigenvalue weighted by Crippen LogP contribution is -2.01. The zero-order chi connectivity index (χ0) is 13.8. The summed E-state index contributed by atoms with van der Waals surface area (Å²) in [5, 5.41) is 0. The van der Waals surface area contributed by atoms with Crippen molar-refractivity contribution in [3.05, 3.63) is 70.8 Å². The first kappa shape index (κ1) is 13.5. The summed E-state index contributed by atoms with van der Waals surface area (Å²) in [4.78, 5) is 12.3. The van der Waals surface area contributed by atoms with Crippen molar-refractivity contribution in [1.29, 1.82) is 0 Å². The van der Waals surface area contributed by atoms with Gasteiger partial charge in [0, 0.05) is 11.1 Å². The van der Waals surface area contributed by atoms with Crippen molar-refractivity contribution in [2.45, 2.75) is 33.1 Å². The number of aryl methyl sites for hydroxylation is 1. The zero-order valence-electron chi connectivity index (χ0n) is 11.8. The second-order valence-electron chi connectivity index (χ2n) is 5.13. The van der Waals surface area contributed by atoms with Gasteiger partial charge in [-0.25, -0.2) is 0 Å². The van der Waals surface area contributed by atoms with E-state index in [2.05, 4.69) is 26.0 Å².